The van der Waals surface area contributed by atoms with Gasteiger partial charge in [0.25, 0.3) is 0 Å². The number of aliphatic hydroxyl groups is 2. The number of aromatic carboxylic acids is 1. The zero-order chi connectivity index (χ0) is 63.2. The Morgan fingerprint density at radius 2 is 0.900 bits per heavy atom. The van der Waals surface area contributed by atoms with Crippen LogP contribution in [0.3, 0.4) is 0 Å². The van der Waals surface area contributed by atoms with Crippen molar-refractivity contribution in [1.29, 1.82) is 0 Å². The van der Waals surface area contributed by atoms with Crippen LogP contribution in [0.5, 0.6) is 0 Å². The number of carboxylic acids is 1. The molecule has 0 saturated heterocycles. The molecule has 28 nitrogen and oxygen atoms in total. The summed E-state index contributed by atoms with van der Waals surface area (Å²) in [5.74, 6) is -0.976. The molecular weight excluding hydrogens is 1160 g/mol. The summed E-state index contributed by atoms with van der Waals surface area (Å²) < 4.78 is 22.0. The van der Waals surface area contributed by atoms with Crippen LogP contribution in [0.15, 0.2) is 195 Å². The Morgan fingerprint density at radius 1 is 0.522 bits per heavy atom. The number of hydrogen-bond acceptors (Lipinski definition) is 24. The summed E-state index contributed by atoms with van der Waals surface area (Å²) in [6.45, 7) is 5.99. The minimum Gasteiger partial charge on any atom is -0.870 e. The number of anilines is 2. The Hall–Kier alpha value is -10.8. The van der Waals surface area contributed by atoms with Gasteiger partial charge in [-0.15, -0.1) is 40.8 Å². The number of rotatable bonds is 16. The molecular formula is C61H67LiN14O14. The number of carbonyl (C=O) groups is 5. The second-order valence-corrected chi connectivity index (χ2v) is 16.4. The molecule has 0 radical (unpaired) electrons. The van der Waals surface area contributed by atoms with Crippen LogP contribution in [0.25, 0.3) is 56.7 Å². The number of nitrogens with zero attached hydrogens (tertiary/aromatic N) is 12. The Bertz CT molecular complexity index is 3580. The number of ether oxygens (including phenoxy) is 4. The van der Waals surface area contributed by atoms with Gasteiger partial charge < -0.3 is 56.3 Å². The normalized spacial score (nSPS) is 9.73. The molecule has 90 heavy (non-hydrogen) atoms. The molecule has 1 atom stereocenters. The maximum Gasteiger partial charge on any atom is 1.00 e. The third-order valence-corrected chi connectivity index (χ3v) is 10.8. The number of nitrogens with two attached hydrogens (primary N) is 1. The van der Waals surface area contributed by atoms with Crippen molar-refractivity contribution in [3.8, 4) is 56.7 Å². The van der Waals surface area contributed by atoms with E-state index in [4.69, 9.17) is 35.3 Å². The predicted octanol–water partition coefficient (Wildman–Crippen LogP) is 3.32. The van der Waals surface area contributed by atoms with Gasteiger partial charge >= 0.3 is 42.7 Å². The molecule has 29 heteroatoms. The number of methoxy groups -OCH3 is 1. The fourth-order valence-electron chi connectivity index (χ4n) is 6.92. The SMILES string of the molecule is CCOC(=O)C(Nc1ccc(-c2ccccc2)nn1)OC.CCOC(=O)C=O.CCOC(=O)c1cncn1-c1ccc(-c2ccccc2)nn1.CO.CO.Nc1ccc(-c2ccccc2)nn1.O.O=C(O)c1cncn1-c1ccc(-c2ccccc2)nn1.[Li+].[OH-]. The minimum atomic E-state index is -1.06. The largest absolute Gasteiger partial charge is 1.00 e. The van der Waals surface area contributed by atoms with Crippen molar-refractivity contribution >= 4 is 41.8 Å². The second kappa shape index (κ2) is 43.7. The van der Waals surface area contributed by atoms with Gasteiger partial charge in [-0.25, -0.2) is 29.1 Å². The van der Waals surface area contributed by atoms with Gasteiger partial charge in [0.2, 0.25) is 12.5 Å². The minimum absolute atomic E-state index is 0. The number of hydrogen-bond donors (Lipinski definition) is 5. The smallest absolute Gasteiger partial charge is 0.870 e. The van der Waals surface area contributed by atoms with Crippen LogP contribution in [-0.2, 0) is 33.3 Å². The Morgan fingerprint density at radius 3 is 1.22 bits per heavy atom. The number of nitrogens with one attached hydrogen (secondary N) is 1. The van der Waals surface area contributed by atoms with Gasteiger partial charge in [-0.2, -0.15) is 0 Å². The predicted molar refractivity (Wildman–Crippen MR) is 327 cm³/mol. The van der Waals surface area contributed by atoms with Gasteiger partial charge in [-0.3, -0.25) is 13.9 Å². The summed E-state index contributed by atoms with van der Waals surface area (Å²) in [7, 11) is 3.42. The molecule has 0 aliphatic carbocycles. The maximum atomic E-state index is 11.9. The van der Waals surface area contributed by atoms with Crippen LogP contribution in [0, 0.1) is 0 Å². The fraction of sp³-hybridized carbons (Fsp3) is 0.164. The monoisotopic (exact) mass is 1230 g/mol. The van der Waals surface area contributed by atoms with Gasteiger partial charge in [-0.05, 0) is 69.3 Å². The molecule has 0 aliphatic heterocycles. The van der Waals surface area contributed by atoms with E-state index in [9.17, 15) is 24.0 Å². The fourth-order valence-corrected chi connectivity index (χ4v) is 6.92. The first-order chi connectivity index (χ1) is 42.5. The van der Waals surface area contributed by atoms with Crippen LogP contribution < -0.4 is 29.9 Å². The first-order valence-electron chi connectivity index (χ1n) is 26.2. The maximum absolute atomic E-state index is 11.9. The summed E-state index contributed by atoms with van der Waals surface area (Å²) in [5.41, 5.74) is 12.9. The molecule has 0 amide bonds. The molecule has 0 spiro atoms. The third-order valence-electron chi connectivity index (χ3n) is 10.8. The number of benzene rings is 4. The zero-order valence-corrected chi connectivity index (χ0v) is 50.2. The molecule has 0 bridgehead atoms. The van der Waals surface area contributed by atoms with Gasteiger partial charge in [-0.1, -0.05) is 121 Å². The van der Waals surface area contributed by atoms with Crippen LogP contribution in [-0.4, -0.2) is 164 Å². The van der Waals surface area contributed by atoms with E-state index in [2.05, 4.69) is 60.8 Å². The summed E-state index contributed by atoms with van der Waals surface area (Å²) in [6.07, 6.45) is 4.87. The Kier molecular flexibility index (Phi) is 37.5. The standard InChI is InChI=1S/C16H14N4O2.C15H17N3O3.C14H10N4O2.C10H9N3.C4H6O3.2CH4O.Li.2H2O/c1-2-22-16(21)14-10-17-11-20(14)15-9-8-13(18-19-15)12-6-4-3-5-7-12;1-3-21-15(19)14(20-2)16-13-10-9-12(17-18-13)11-7-5-4-6-8-11;19-14(20)12-8-15-9-18(12)13-7-6-11(16-17-13)10-4-2-1-3-5-10;11-10-7-6-9(12-13-10)8-4-2-1-3-5-8;1-2-7-4(6)3-5;2*1-2;;;/h3-11H,2H2,1H3;4-10,14H,3H2,1-2H3,(H,16,18);1-9H,(H,19,20);1-7H,(H2,11,13);3H,2H2,1H3;2*2H,1H3;;2*1H2/q;;;;;;;+1;;/p-1. The Labute approximate surface area is 529 Å². The van der Waals surface area contributed by atoms with E-state index in [-0.39, 0.29) is 48.4 Å². The molecule has 466 valence electrons. The van der Waals surface area contributed by atoms with Crippen molar-refractivity contribution in [2.24, 2.45) is 0 Å². The number of nitrogen functional groups attached to an aromatic ring is 1. The van der Waals surface area contributed by atoms with E-state index in [1.165, 1.54) is 36.7 Å². The zero-order valence-electron chi connectivity index (χ0n) is 50.2. The summed E-state index contributed by atoms with van der Waals surface area (Å²) >= 11 is 0. The number of carbonyl (C=O) groups excluding carboxylic acids is 4. The topological polar surface area (TPSA) is 421 Å². The second-order valence-electron chi connectivity index (χ2n) is 16.4. The average Bonchev–Trinajstić information content (AvgIpc) is 1.92. The van der Waals surface area contributed by atoms with Gasteiger partial charge in [0.1, 0.15) is 18.5 Å². The molecule has 10 aromatic rings. The number of aromatic nitrogens is 12. The van der Waals surface area contributed by atoms with Gasteiger partial charge in [0.05, 0.1) is 55.0 Å². The number of aldehydes is 1. The first-order valence-corrected chi connectivity index (χ1v) is 26.2. The van der Waals surface area contributed by atoms with E-state index in [0.29, 0.717) is 42.2 Å². The molecule has 0 aliphatic rings. The van der Waals surface area contributed by atoms with E-state index in [1.807, 2.05) is 140 Å². The molecule has 9 N–H and O–H groups in total. The van der Waals surface area contributed by atoms with Crippen molar-refractivity contribution in [2.75, 3.05) is 52.2 Å². The third kappa shape index (κ3) is 24.9. The van der Waals surface area contributed by atoms with Crippen molar-refractivity contribution in [1.82, 2.24) is 59.9 Å². The number of carboxylic acid groups (broad SMARTS) is 1. The van der Waals surface area contributed by atoms with E-state index in [1.54, 1.807) is 55.7 Å². The summed E-state index contributed by atoms with van der Waals surface area (Å²) in [6, 6.07) is 53.3. The molecule has 0 fully saturated rings. The quantitative estimate of drug-likeness (QED) is 0.0231. The van der Waals surface area contributed by atoms with E-state index in [0.717, 1.165) is 59.2 Å². The number of aliphatic hydroxyl groups excluding tert-OH is 2. The molecule has 6 heterocycles. The van der Waals surface area contributed by atoms with Gasteiger partial charge in [0.15, 0.2) is 28.8 Å². The summed E-state index contributed by atoms with van der Waals surface area (Å²) in [5, 5.41) is 58.3. The van der Waals surface area contributed by atoms with Crippen molar-refractivity contribution in [3.05, 3.63) is 206 Å². The number of esters is 3. The van der Waals surface area contributed by atoms with Gasteiger partial charge in [0, 0.05) is 43.6 Å². The van der Waals surface area contributed by atoms with Crippen LogP contribution in [0.2, 0.25) is 0 Å². The molecule has 1 unspecified atom stereocenters. The van der Waals surface area contributed by atoms with E-state index >= 15 is 0 Å². The average molecular weight is 1230 g/mol. The number of imidazole rings is 2. The molecule has 6 aromatic heterocycles. The van der Waals surface area contributed by atoms with Crippen molar-refractivity contribution < 1.29 is 88.1 Å². The van der Waals surface area contributed by atoms with Crippen molar-refractivity contribution in [2.45, 2.75) is 27.0 Å². The molecule has 10 rings (SSSR count). The van der Waals surface area contributed by atoms with Crippen LogP contribution >= 0.6 is 0 Å². The van der Waals surface area contributed by atoms with E-state index < -0.39 is 30.1 Å². The van der Waals surface area contributed by atoms with Crippen molar-refractivity contribution in [3.63, 3.8) is 0 Å². The Balaban J connectivity index is 0.000000568. The summed E-state index contributed by atoms with van der Waals surface area (Å²) in [4.78, 5) is 61.5. The molecule has 4 aromatic carbocycles. The van der Waals surface area contributed by atoms with Crippen LogP contribution in [0.1, 0.15) is 41.7 Å². The molecule has 0 saturated carbocycles. The van der Waals surface area contributed by atoms with Crippen LogP contribution in [0.4, 0.5) is 11.6 Å². The first kappa shape index (κ1) is 77.2.